The molecule has 0 aliphatic heterocycles. The first-order valence-corrected chi connectivity index (χ1v) is 5.63. The molecule has 3 nitrogen and oxygen atoms in total. The first-order chi connectivity index (χ1) is 7.76. The van der Waals surface area contributed by atoms with Crippen LogP contribution in [-0.2, 0) is 0 Å². The van der Waals surface area contributed by atoms with Crippen molar-refractivity contribution in [2.75, 3.05) is 0 Å². The van der Waals surface area contributed by atoms with Gasteiger partial charge < -0.3 is 4.42 Å². The molecule has 0 aliphatic rings. The minimum Gasteiger partial charge on any atom is -0.458 e. The van der Waals surface area contributed by atoms with Crippen LogP contribution in [0.15, 0.2) is 33.2 Å². The fourth-order valence-electron chi connectivity index (χ4n) is 1.58. The predicted octanol–water partition coefficient (Wildman–Crippen LogP) is 2.72. The second-order valence-electron chi connectivity index (χ2n) is 3.43. The molecular weight excluding hydrogens is 268 g/mol. The zero-order chi connectivity index (χ0) is 11.5. The molecule has 2 rings (SSSR count). The minimum absolute atomic E-state index is 0.149. The summed E-state index contributed by atoms with van der Waals surface area (Å²) in [4.78, 5) is 0. The van der Waals surface area contributed by atoms with Gasteiger partial charge in [-0.3, -0.25) is 5.84 Å². The number of fused-ring (bicyclic) bond motifs is 1. The Bertz CT molecular complexity index is 541. The molecule has 0 aliphatic carbocycles. The number of halogens is 1. The van der Waals surface area contributed by atoms with Gasteiger partial charge in [0.25, 0.3) is 0 Å². The first-order valence-electron chi connectivity index (χ1n) is 4.84. The summed E-state index contributed by atoms with van der Waals surface area (Å²) < 4.78 is 6.64. The molecule has 2 aromatic rings. The van der Waals surface area contributed by atoms with Crippen LogP contribution in [0.25, 0.3) is 11.0 Å². The molecule has 1 aromatic carbocycles. The molecule has 1 unspecified atom stereocenters. The molecule has 1 atom stereocenters. The molecule has 16 heavy (non-hydrogen) atoms. The fourth-order valence-corrected chi connectivity index (χ4v) is 2.04. The Morgan fingerprint density at radius 2 is 2.38 bits per heavy atom. The summed E-state index contributed by atoms with van der Waals surface area (Å²) in [7, 11) is 0. The SMILES string of the molecule is C#CCC(NN)c1cc2cccc(Br)c2o1. The Kier molecular flexibility index (Phi) is 3.30. The standard InChI is InChI=1S/C12H11BrN2O/c1-2-4-10(15-14)11-7-8-5-3-6-9(13)12(8)16-11/h1,3,5-7,10,15H,4,14H2. The molecule has 0 radical (unpaired) electrons. The summed E-state index contributed by atoms with van der Waals surface area (Å²) in [6.45, 7) is 0. The molecule has 1 heterocycles. The van der Waals surface area contributed by atoms with Crippen molar-refractivity contribution in [2.24, 2.45) is 5.84 Å². The number of nitrogens with one attached hydrogen (secondary N) is 1. The van der Waals surface area contributed by atoms with Gasteiger partial charge in [0.05, 0.1) is 10.5 Å². The van der Waals surface area contributed by atoms with Crippen LogP contribution in [0.1, 0.15) is 18.2 Å². The van der Waals surface area contributed by atoms with Crippen LogP contribution in [0.5, 0.6) is 0 Å². The molecule has 0 spiro atoms. The summed E-state index contributed by atoms with van der Waals surface area (Å²) in [6.07, 6.45) is 5.76. The molecule has 0 bridgehead atoms. The van der Waals surface area contributed by atoms with Gasteiger partial charge in [-0.05, 0) is 28.1 Å². The summed E-state index contributed by atoms with van der Waals surface area (Å²) in [5, 5.41) is 1.03. The molecule has 0 saturated carbocycles. The van der Waals surface area contributed by atoms with E-state index in [4.69, 9.17) is 16.7 Å². The van der Waals surface area contributed by atoms with E-state index in [9.17, 15) is 0 Å². The van der Waals surface area contributed by atoms with E-state index in [2.05, 4.69) is 27.3 Å². The van der Waals surface area contributed by atoms with Crippen molar-refractivity contribution in [1.29, 1.82) is 0 Å². The van der Waals surface area contributed by atoms with Crippen molar-refractivity contribution in [3.8, 4) is 12.3 Å². The van der Waals surface area contributed by atoms with E-state index in [1.807, 2.05) is 24.3 Å². The number of rotatable bonds is 3. The molecular formula is C12H11BrN2O. The fraction of sp³-hybridized carbons (Fsp3) is 0.167. The normalized spacial score (nSPS) is 12.6. The van der Waals surface area contributed by atoms with Crippen LogP contribution in [0.4, 0.5) is 0 Å². The monoisotopic (exact) mass is 278 g/mol. The maximum atomic E-state index is 5.72. The highest BCUT2D eigenvalue weighted by Crippen LogP contribution is 2.30. The molecule has 82 valence electrons. The number of hydrogen-bond donors (Lipinski definition) is 2. The predicted molar refractivity (Wildman–Crippen MR) is 67.4 cm³/mol. The van der Waals surface area contributed by atoms with Crippen molar-refractivity contribution in [2.45, 2.75) is 12.5 Å². The van der Waals surface area contributed by atoms with Gasteiger partial charge in [0.15, 0.2) is 0 Å². The van der Waals surface area contributed by atoms with E-state index in [1.54, 1.807) is 0 Å². The molecule has 4 heteroatoms. The zero-order valence-corrected chi connectivity index (χ0v) is 10.1. The number of hydrogen-bond acceptors (Lipinski definition) is 3. The second kappa shape index (κ2) is 4.71. The van der Waals surface area contributed by atoms with Gasteiger partial charge >= 0.3 is 0 Å². The lowest BCUT2D eigenvalue weighted by Crippen LogP contribution is -2.27. The molecule has 0 saturated heterocycles. The Morgan fingerprint density at radius 3 is 3.00 bits per heavy atom. The molecule has 3 N–H and O–H groups in total. The van der Waals surface area contributed by atoms with Gasteiger partial charge in [0.1, 0.15) is 11.3 Å². The van der Waals surface area contributed by atoms with Crippen LogP contribution in [0, 0.1) is 12.3 Å². The minimum atomic E-state index is -0.149. The third kappa shape index (κ3) is 1.98. The number of hydrazine groups is 1. The summed E-state index contributed by atoms with van der Waals surface area (Å²) in [5.74, 6) is 8.75. The summed E-state index contributed by atoms with van der Waals surface area (Å²) in [5.41, 5.74) is 3.46. The number of nitrogens with two attached hydrogens (primary N) is 1. The Balaban J connectivity index is 2.46. The maximum absolute atomic E-state index is 5.72. The van der Waals surface area contributed by atoms with Gasteiger partial charge in [-0.25, -0.2) is 5.43 Å². The van der Waals surface area contributed by atoms with Crippen LogP contribution >= 0.6 is 15.9 Å². The van der Waals surface area contributed by atoms with E-state index >= 15 is 0 Å². The Hall–Kier alpha value is -1.28. The van der Waals surface area contributed by atoms with Crippen molar-refractivity contribution >= 4 is 26.9 Å². The second-order valence-corrected chi connectivity index (χ2v) is 4.29. The highest BCUT2D eigenvalue weighted by atomic mass is 79.9. The number of benzene rings is 1. The van der Waals surface area contributed by atoms with Gasteiger partial charge in [0, 0.05) is 11.8 Å². The van der Waals surface area contributed by atoms with Gasteiger partial charge in [-0.15, -0.1) is 12.3 Å². The van der Waals surface area contributed by atoms with E-state index in [1.165, 1.54) is 0 Å². The number of furan rings is 1. The lowest BCUT2D eigenvalue weighted by atomic mass is 10.1. The van der Waals surface area contributed by atoms with Crippen LogP contribution in [0.3, 0.4) is 0 Å². The van der Waals surface area contributed by atoms with E-state index < -0.39 is 0 Å². The summed E-state index contributed by atoms with van der Waals surface area (Å²) >= 11 is 3.43. The third-order valence-electron chi connectivity index (χ3n) is 2.38. The maximum Gasteiger partial charge on any atom is 0.148 e. The lowest BCUT2D eigenvalue weighted by molar-refractivity contribution is 0.442. The third-order valence-corrected chi connectivity index (χ3v) is 3.01. The van der Waals surface area contributed by atoms with E-state index in [0.717, 1.165) is 21.2 Å². The molecule has 0 amide bonds. The number of para-hydroxylation sites is 1. The van der Waals surface area contributed by atoms with Crippen molar-refractivity contribution < 1.29 is 4.42 Å². The molecule has 0 fully saturated rings. The van der Waals surface area contributed by atoms with Crippen molar-refractivity contribution in [1.82, 2.24) is 5.43 Å². The van der Waals surface area contributed by atoms with E-state index in [-0.39, 0.29) is 6.04 Å². The van der Waals surface area contributed by atoms with Gasteiger partial charge in [-0.2, -0.15) is 0 Å². The number of terminal acetylenes is 1. The summed E-state index contributed by atoms with van der Waals surface area (Å²) in [6, 6.07) is 7.67. The molecule has 1 aromatic heterocycles. The van der Waals surface area contributed by atoms with Crippen molar-refractivity contribution in [3.63, 3.8) is 0 Å². The largest absolute Gasteiger partial charge is 0.458 e. The quantitative estimate of drug-likeness (QED) is 0.516. The lowest BCUT2D eigenvalue weighted by Gasteiger charge is -2.08. The smallest absolute Gasteiger partial charge is 0.148 e. The van der Waals surface area contributed by atoms with Crippen molar-refractivity contribution in [3.05, 3.63) is 34.5 Å². The first kappa shape index (κ1) is 11.2. The van der Waals surface area contributed by atoms with Gasteiger partial charge in [-0.1, -0.05) is 12.1 Å². The van der Waals surface area contributed by atoms with E-state index in [0.29, 0.717) is 6.42 Å². The Labute approximate surface area is 102 Å². The highest BCUT2D eigenvalue weighted by molar-refractivity contribution is 9.10. The van der Waals surface area contributed by atoms with Crippen LogP contribution in [-0.4, -0.2) is 0 Å². The highest BCUT2D eigenvalue weighted by Gasteiger charge is 2.14. The zero-order valence-electron chi connectivity index (χ0n) is 8.53. The average molecular weight is 279 g/mol. The topological polar surface area (TPSA) is 51.2 Å². The van der Waals surface area contributed by atoms with Gasteiger partial charge in [0.2, 0.25) is 0 Å². The van der Waals surface area contributed by atoms with Crippen LogP contribution < -0.4 is 11.3 Å². The Morgan fingerprint density at radius 1 is 1.56 bits per heavy atom. The average Bonchev–Trinajstić information content (AvgIpc) is 2.71. The van der Waals surface area contributed by atoms with Crippen LogP contribution in [0.2, 0.25) is 0 Å².